The maximum Gasteiger partial charge on any atom is 0.191 e. The lowest BCUT2D eigenvalue weighted by atomic mass is 10.2. The second kappa shape index (κ2) is 9.73. The zero-order valence-corrected chi connectivity index (χ0v) is 19.0. The molecule has 4 rings (SSSR count). The number of aryl methyl sites for hydroxylation is 1. The SMILES string of the molecule is CN=C(NCc1nnc2n1CCCC2)NC1CCN(c2ncccc2Cl)C1.I. The van der Waals surface area contributed by atoms with Gasteiger partial charge in [-0.15, -0.1) is 34.2 Å². The third-order valence-corrected chi connectivity index (χ3v) is 5.44. The Morgan fingerprint density at radius 2 is 2.21 bits per heavy atom. The van der Waals surface area contributed by atoms with E-state index < -0.39 is 0 Å². The molecule has 2 aliphatic rings. The summed E-state index contributed by atoms with van der Waals surface area (Å²) in [4.78, 5) is 11.0. The van der Waals surface area contributed by atoms with Crippen LogP contribution in [0.15, 0.2) is 23.3 Å². The number of fused-ring (bicyclic) bond motifs is 1. The first-order valence-electron chi connectivity index (χ1n) is 9.48. The second-order valence-corrected chi connectivity index (χ2v) is 7.36. The van der Waals surface area contributed by atoms with Gasteiger partial charge in [0.2, 0.25) is 0 Å². The summed E-state index contributed by atoms with van der Waals surface area (Å²) in [6.07, 6.45) is 6.20. The summed E-state index contributed by atoms with van der Waals surface area (Å²) in [5.74, 6) is 3.70. The molecular formula is C18H26ClIN8. The Bertz CT molecular complexity index is 824. The molecule has 0 amide bonds. The van der Waals surface area contributed by atoms with E-state index in [2.05, 4.69) is 40.3 Å². The van der Waals surface area contributed by atoms with Crippen molar-refractivity contribution < 1.29 is 0 Å². The molecule has 8 nitrogen and oxygen atoms in total. The van der Waals surface area contributed by atoms with Crippen LogP contribution in [0.2, 0.25) is 5.02 Å². The summed E-state index contributed by atoms with van der Waals surface area (Å²) in [6, 6.07) is 4.03. The Morgan fingerprint density at radius 3 is 3.04 bits per heavy atom. The quantitative estimate of drug-likeness (QED) is 0.368. The highest BCUT2D eigenvalue weighted by Gasteiger charge is 2.25. The van der Waals surface area contributed by atoms with Gasteiger partial charge in [-0.25, -0.2) is 4.98 Å². The number of rotatable bonds is 4. The van der Waals surface area contributed by atoms with Crippen LogP contribution >= 0.6 is 35.6 Å². The highest BCUT2D eigenvalue weighted by Crippen LogP contribution is 2.25. The minimum absolute atomic E-state index is 0. The first kappa shape index (κ1) is 21.1. The smallest absolute Gasteiger partial charge is 0.191 e. The molecule has 10 heteroatoms. The summed E-state index contributed by atoms with van der Waals surface area (Å²) in [5, 5.41) is 16.2. The van der Waals surface area contributed by atoms with E-state index in [0.29, 0.717) is 17.6 Å². The topological polar surface area (TPSA) is 83.3 Å². The molecule has 2 aliphatic heterocycles. The molecule has 0 aromatic carbocycles. The molecule has 1 atom stereocenters. The average Bonchev–Trinajstić information content (AvgIpc) is 3.32. The fraction of sp³-hybridized carbons (Fsp3) is 0.556. The molecule has 2 aromatic rings. The van der Waals surface area contributed by atoms with Crippen LogP contribution in [0.1, 0.15) is 30.9 Å². The maximum atomic E-state index is 6.27. The molecule has 0 spiro atoms. The fourth-order valence-electron chi connectivity index (χ4n) is 3.73. The molecule has 1 saturated heterocycles. The molecule has 152 valence electrons. The third kappa shape index (κ3) is 4.68. The van der Waals surface area contributed by atoms with Gasteiger partial charge < -0.3 is 20.1 Å². The van der Waals surface area contributed by atoms with Gasteiger partial charge in [-0.05, 0) is 31.4 Å². The molecule has 2 aromatic heterocycles. The average molecular weight is 517 g/mol. The predicted octanol–water partition coefficient (Wildman–Crippen LogP) is 2.22. The Hall–Kier alpha value is -1.62. The maximum absolute atomic E-state index is 6.27. The van der Waals surface area contributed by atoms with Crippen molar-refractivity contribution in [1.29, 1.82) is 0 Å². The predicted molar refractivity (Wildman–Crippen MR) is 122 cm³/mol. The number of halogens is 2. The van der Waals surface area contributed by atoms with Crippen molar-refractivity contribution >= 4 is 47.4 Å². The Morgan fingerprint density at radius 1 is 1.32 bits per heavy atom. The lowest BCUT2D eigenvalue weighted by Crippen LogP contribution is -2.44. The van der Waals surface area contributed by atoms with Crippen LogP contribution < -0.4 is 15.5 Å². The summed E-state index contributed by atoms with van der Waals surface area (Å²) in [7, 11) is 1.79. The van der Waals surface area contributed by atoms with Gasteiger partial charge in [-0.1, -0.05) is 11.6 Å². The van der Waals surface area contributed by atoms with Gasteiger partial charge in [0.05, 0.1) is 11.6 Å². The molecular weight excluding hydrogens is 491 g/mol. The highest BCUT2D eigenvalue weighted by atomic mass is 127. The number of aromatic nitrogens is 4. The molecule has 1 fully saturated rings. The second-order valence-electron chi connectivity index (χ2n) is 6.95. The van der Waals surface area contributed by atoms with Crippen LogP contribution in [-0.4, -0.2) is 51.9 Å². The van der Waals surface area contributed by atoms with Gasteiger partial charge in [-0.2, -0.15) is 0 Å². The summed E-state index contributed by atoms with van der Waals surface area (Å²) >= 11 is 6.27. The number of pyridine rings is 1. The minimum atomic E-state index is 0. The molecule has 1 unspecified atom stereocenters. The lowest BCUT2D eigenvalue weighted by Gasteiger charge is -2.20. The molecule has 0 radical (unpaired) electrons. The number of nitrogens with zero attached hydrogens (tertiary/aromatic N) is 6. The van der Waals surface area contributed by atoms with E-state index in [9.17, 15) is 0 Å². The van der Waals surface area contributed by atoms with Crippen LogP contribution in [0.4, 0.5) is 5.82 Å². The zero-order valence-electron chi connectivity index (χ0n) is 15.9. The van der Waals surface area contributed by atoms with Gasteiger partial charge in [-0.3, -0.25) is 4.99 Å². The minimum Gasteiger partial charge on any atom is -0.353 e. The van der Waals surface area contributed by atoms with Gasteiger partial charge >= 0.3 is 0 Å². The number of guanidine groups is 1. The number of hydrogen-bond donors (Lipinski definition) is 2. The van der Waals surface area contributed by atoms with Crippen molar-refractivity contribution in [3.05, 3.63) is 35.0 Å². The van der Waals surface area contributed by atoms with Crippen LogP contribution in [0.25, 0.3) is 0 Å². The monoisotopic (exact) mass is 516 g/mol. The first-order valence-corrected chi connectivity index (χ1v) is 9.86. The largest absolute Gasteiger partial charge is 0.353 e. The van der Waals surface area contributed by atoms with Crippen molar-refractivity contribution in [1.82, 2.24) is 30.4 Å². The van der Waals surface area contributed by atoms with Crippen LogP contribution in [0.5, 0.6) is 0 Å². The molecule has 2 N–H and O–H groups in total. The van der Waals surface area contributed by atoms with E-state index in [0.717, 1.165) is 55.9 Å². The van der Waals surface area contributed by atoms with Gasteiger partial charge in [0.1, 0.15) is 11.6 Å². The van der Waals surface area contributed by atoms with E-state index in [1.54, 1.807) is 13.2 Å². The third-order valence-electron chi connectivity index (χ3n) is 5.14. The van der Waals surface area contributed by atoms with Crippen LogP contribution in [-0.2, 0) is 19.5 Å². The van der Waals surface area contributed by atoms with Crippen molar-refractivity contribution in [2.24, 2.45) is 4.99 Å². The van der Waals surface area contributed by atoms with Crippen molar-refractivity contribution in [3.8, 4) is 0 Å². The molecule has 0 bridgehead atoms. The van der Waals surface area contributed by atoms with Gasteiger partial charge in [0.15, 0.2) is 11.8 Å². The van der Waals surface area contributed by atoms with Crippen molar-refractivity contribution in [2.75, 3.05) is 25.0 Å². The summed E-state index contributed by atoms with van der Waals surface area (Å²) in [5.41, 5.74) is 0. The number of anilines is 1. The number of nitrogens with one attached hydrogen (secondary N) is 2. The normalized spacial score (nSPS) is 19.1. The van der Waals surface area contributed by atoms with Crippen molar-refractivity contribution in [2.45, 2.75) is 44.8 Å². The van der Waals surface area contributed by atoms with E-state index in [1.807, 2.05) is 12.1 Å². The highest BCUT2D eigenvalue weighted by molar-refractivity contribution is 14.0. The molecule has 4 heterocycles. The lowest BCUT2D eigenvalue weighted by molar-refractivity contribution is 0.504. The summed E-state index contributed by atoms with van der Waals surface area (Å²) in [6.45, 7) is 3.39. The summed E-state index contributed by atoms with van der Waals surface area (Å²) < 4.78 is 2.23. The van der Waals surface area contributed by atoms with Crippen LogP contribution in [0, 0.1) is 0 Å². The van der Waals surface area contributed by atoms with Crippen molar-refractivity contribution in [3.63, 3.8) is 0 Å². The first-order chi connectivity index (χ1) is 13.2. The van der Waals surface area contributed by atoms with Crippen LogP contribution in [0.3, 0.4) is 0 Å². The molecule has 28 heavy (non-hydrogen) atoms. The Labute approximate surface area is 187 Å². The number of hydrogen-bond acceptors (Lipinski definition) is 5. The van der Waals surface area contributed by atoms with E-state index >= 15 is 0 Å². The van der Waals surface area contributed by atoms with E-state index in [1.165, 1.54) is 12.8 Å². The zero-order chi connectivity index (χ0) is 18.6. The van der Waals surface area contributed by atoms with Gasteiger partial charge in [0, 0.05) is 45.3 Å². The molecule has 0 aliphatic carbocycles. The van der Waals surface area contributed by atoms with E-state index in [-0.39, 0.29) is 24.0 Å². The Kier molecular flexibility index (Phi) is 7.33. The fourth-order valence-corrected chi connectivity index (χ4v) is 3.97. The van der Waals surface area contributed by atoms with Gasteiger partial charge in [0.25, 0.3) is 0 Å². The van der Waals surface area contributed by atoms with E-state index in [4.69, 9.17) is 11.6 Å². The standard InChI is InChI=1S/C18H25ClN8.HI/c1-20-18(22-11-16-25-24-15-6-2-3-9-27(15)16)23-13-7-10-26(12-13)17-14(19)5-4-8-21-17;/h4-5,8,13H,2-3,6-7,9-12H2,1H3,(H2,20,22,23);1H. The molecule has 0 saturated carbocycles. The Balaban J connectivity index is 0.00000225. The number of aliphatic imine (C=N–C) groups is 1.